The maximum absolute atomic E-state index is 9.35. The van der Waals surface area contributed by atoms with Crippen LogP contribution in [0.4, 0.5) is 0 Å². The number of hydrogen-bond acceptors (Lipinski definition) is 4. The van der Waals surface area contributed by atoms with E-state index in [1.54, 1.807) is 6.07 Å². The zero-order valence-corrected chi connectivity index (χ0v) is 6.88. The third kappa shape index (κ3) is 1.29. The standard InChI is InChI=1S/C8H10N4O/c9-8(10,13)12-5-11-6-3-1-2-4-7(6)12/h1-5,13H,9-10H2. The number of para-hydroxylation sites is 2. The van der Waals surface area contributed by atoms with E-state index in [-0.39, 0.29) is 0 Å². The van der Waals surface area contributed by atoms with Crippen LogP contribution in [0.1, 0.15) is 0 Å². The zero-order chi connectivity index (χ0) is 9.47. The first-order valence-electron chi connectivity index (χ1n) is 3.82. The fraction of sp³-hybridized carbons (Fsp3) is 0.125. The number of nitrogens with two attached hydrogens (primary N) is 2. The number of hydrogen-bond donors (Lipinski definition) is 3. The third-order valence-corrected chi connectivity index (χ3v) is 1.84. The second kappa shape index (κ2) is 2.53. The summed E-state index contributed by atoms with van der Waals surface area (Å²) < 4.78 is 1.31. The summed E-state index contributed by atoms with van der Waals surface area (Å²) in [5, 5.41) is 9.35. The fourth-order valence-corrected chi connectivity index (χ4v) is 1.24. The van der Waals surface area contributed by atoms with E-state index in [1.165, 1.54) is 10.9 Å². The van der Waals surface area contributed by atoms with Crippen molar-refractivity contribution in [1.29, 1.82) is 0 Å². The van der Waals surface area contributed by atoms with Gasteiger partial charge in [-0.2, -0.15) is 0 Å². The Hall–Kier alpha value is -1.43. The van der Waals surface area contributed by atoms with Crippen LogP contribution >= 0.6 is 0 Å². The molecule has 13 heavy (non-hydrogen) atoms. The maximum Gasteiger partial charge on any atom is 0.257 e. The molecule has 0 radical (unpaired) electrons. The first-order chi connectivity index (χ1) is 6.09. The minimum absolute atomic E-state index is 0.704. The lowest BCUT2D eigenvalue weighted by Gasteiger charge is -2.18. The van der Waals surface area contributed by atoms with Crippen molar-refractivity contribution in [3.8, 4) is 0 Å². The highest BCUT2D eigenvalue weighted by atomic mass is 16.3. The molecule has 68 valence electrons. The van der Waals surface area contributed by atoms with Crippen LogP contribution < -0.4 is 11.5 Å². The number of fused-ring (bicyclic) bond motifs is 1. The largest absolute Gasteiger partial charge is 0.346 e. The Morgan fingerprint density at radius 2 is 2.00 bits per heavy atom. The van der Waals surface area contributed by atoms with Crippen molar-refractivity contribution in [2.75, 3.05) is 0 Å². The second-order valence-electron chi connectivity index (χ2n) is 2.89. The summed E-state index contributed by atoms with van der Waals surface area (Å²) in [4.78, 5) is 4.03. The molecule has 0 spiro atoms. The first-order valence-corrected chi connectivity index (χ1v) is 3.82. The normalized spacial score (nSPS) is 12.2. The van der Waals surface area contributed by atoms with Gasteiger partial charge in [-0.1, -0.05) is 12.1 Å². The van der Waals surface area contributed by atoms with Crippen molar-refractivity contribution in [3.05, 3.63) is 30.6 Å². The maximum atomic E-state index is 9.35. The molecule has 0 aliphatic rings. The van der Waals surface area contributed by atoms with Crippen LogP contribution in [-0.4, -0.2) is 14.7 Å². The summed E-state index contributed by atoms with van der Waals surface area (Å²) in [7, 11) is 0. The molecule has 5 nitrogen and oxygen atoms in total. The molecule has 2 aromatic rings. The molecule has 0 aliphatic carbocycles. The molecule has 1 aromatic heterocycles. The molecule has 0 unspecified atom stereocenters. The van der Waals surface area contributed by atoms with Gasteiger partial charge in [0.05, 0.1) is 11.0 Å². The Balaban J connectivity index is 2.72. The van der Waals surface area contributed by atoms with Crippen LogP contribution in [-0.2, 0) is 5.97 Å². The van der Waals surface area contributed by atoms with Crippen molar-refractivity contribution in [2.45, 2.75) is 5.97 Å². The lowest BCUT2D eigenvalue weighted by Crippen LogP contribution is -2.51. The number of imidazole rings is 1. The minimum atomic E-state index is -1.89. The van der Waals surface area contributed by atoms with Crippen molar-refractivity contribution >= 4 is 11.0 Å². The molecule has 0 saturated carbocycles. The molecule has 0 amide bonds. The topological polar surface area (TPSA) is 90.1 Å². The Labute approximate surface area is 74.6 Å². The summed E-state index contributed by atoms with van der Waals surface area (Å²) in [6.07, 6.45) is 1.41. The molecule has 1 aromatic carbocycles. The highest BCUT2D eigenvalue weighted by Crippen LogP contribution is 2.13. The van der Waals surface area contributed by atoms with Crippen LogP contribution in [0.5, 0.6) is 0 Å². The van der Waals surface area contributed by atoms with Gasteiger partial charge in [0.2, 0.25) is 0 Å². The Morgan fingerprint density at radius 3 is 2.69 bits per heavy atom. The summed E-state index contributed by atoms with van der Waals surface area (Å²) in [6.45, 7) is 0. The van der Waals surface area contributed by atoms with Crippen molar-refractivity contribution in [2.24, 2.45) is 11.5 Å². The molecule has 0 fully saturated rings. The average molecular weight is 178 g/mol. The van der Waals surface area contributed by atoms with E-state index >= 15 is 0 Å². The van der Waals surface area contributed by atoms with E-state index in [4.69, 9.17) is 11.5 Å². The molecule has 5 heteroatoms. The van der Waals surface area contributed by atoms with Crippen molar-refractivity contribution in [1.82, 2.24) is 9.55 Å². The predicted molar refractivity (Wildman–Crippen MR) is 48.3 cm³/mol. The Bertz CT molecular complexity index is 429. The fourth-order valence-electron chi connectivity index (χ4n) is 1.24. The average Bonchev–Trinajstić information content (AvgIpc) is 2.45. The Morgan fingerprint density at radius 1 is 1.31 bits per heavy atom. The summed E-state index contributed by atoms with van der Waals surface area (Å²) in [5.74, 6) is -1.89. The lowest BCUT2D eigenvalue weighted by molar-refractivity contribution is -0.0212. The molecular weight excluding hydrogens is 168 g/mol. The SMILES string of the molecule is NC(N)(O)n1cnc2ccccc21. The monoisotopic (exact) mass is 178 g/mol. The van der Waals surface area contributed by atoms with Gasteiger partial charge in [-0.25, -0.2) is 4.98 Å². The van der Waals surface area contributed by atoms with Crippen LogP contribution in [0.2, 0.25) is 0 Å². The van der Waals surface area contributed by atoms with Gasteiger partial charge in [-0.05, 0) is 12.1 Å². The molecule has 2 rings (SSSR count). The van der Waals surface area contributed by atoms with E-state index in [0.29, 0.717) is 5.52 Å². The van der Waals surface area contributed by atoms with E-state index < -0.39 is 5.97 Å². The predicted octanol–water partition coefficient (Wildman–Crippen LogP) is -0.486. The lowest BCUT2D eigenvalue weighted by atomic mass is 10.3. The molecule has 0 saturated heterocycles. The number of aromatic nitrogens is 2. The minimum Gasteiger partial charge on any atom is -0.346 e. The van der Waals surface area contributed by atoms with E-state index in [9.17, 15) is 5.11 Å². The third-order valence-electron chi connectivity index (χ3n) is 1.84. The molecule has 0 bridgehead atoms. The number of benzene rings is 1. The van der Waals surface area contributed by atoms with Crippen molar-refractivity contribution in [3.63, 3.8) is 0 Å². The molecule has 0 aliphatic heterocycles. The van der Waals surface area contributed by atoms with E-state index in [0.717, 1.165) is 5.52 Å². The summed E-state index contributed by atoms with van der Waals surface area (Å²) >= 11 is 0. The van der Waals surface area contributed by atoms with Crippen molar-refractivity contribution < 1.29 is 5.11 Å². The van der Waals surface area contributed by atoms with Gasteiger partial charge in [0.1, 0.15) is 6.33 Å². The quantitative estimate of drug-likeness (QED) is 0.514. The van der Waals surface area contributed by atoms with Gasteiger partial charge in [0.25, 0.3) is 5.97 Å². The molecule has 0 atom stereocenters. The van der Waals surface area contributed by atoms with E-state index in [2.05, 4.69) is 4.98 Å². The van der Waals surface area contributed by atoms with Gasteiger partial charge < -0.3 is 5.11 Å². The molecule has 5 N–H and O–H groups in total. The van der Waals surface area contributed by atoms with Crippen LogP contribution in [0.3, 0.4) is 0 Å². The number of nitrogens with zero attached hydrogens (tertiary/aromatic N) is 2. The Kier molecular flexibility index (Phi) is 1.59. The highest BCUT2D eigenvalue weighted by Gasteiger charge is 2.18. The van der Waals surface area contributed by atoms with Crippen LogP contribution in [0.15, 0.2) is 30.6 Å². The zero-order valence-electron chi connectivity index (χ0n) is 6.88. The number of aliphatic hydroxyl groups is 1. The van der Waals surface area contributed by atoms with Crippen LogP contribution in [0, 0.1) is 0 Å². The summed E-state index contributed by atoms with van der Waals surface area (Å²) in [5.41, 5.74) is 12.1. The van der Waals surface area contributed by atoms with Gasteiger partial charge in [-0.15, -0.1) is 0 Å². The van der Waals surface area contributed by atoms with Crippen LogP contribution in [0.25, 0.3) is 11.0 Å². The van der Waals surface area contributed by atoms with Gasteiger partial charge in [-0.3, -0.25) is 16.0 Å². The first kappa shape index (κ1) is 8.18. The second-order valence-corrected chi connectivity index (χ2v) is 2.89. The molecule has 1 heterocycles. The van der Waals surface area contributed by atoms with E-state index in [1.807, 2.05) is 18.2 Å². The highest BCUT2D eigenvalue weighted by molar-refractivity contribution is 5.75. The number of rotatable bonds is 1. The summed E-state index contributed by atoms with van der Waals surface area (Å²) in [6, 6.07) is 7.28. The van der Waals surface area contributed by atoms with Gasteiger partial charge >= 0.3 is 0 Å². The molecular formula is C8H10N4O. The van der Waals surface area contributed by atoms with Gasteiger partial charge in [0, 0.05) is 0 Å². The van der Waals surface area contributed by atoms with Gasteiger partial charge in [0.15, 0.2) is 0 Å². The smallest absolute Gasteiger partial charge is 0.257 e.